The number of likely N-dealkylation sites (N-methyl/N-ethyl adjacent to an activating group) is 1. The lowest BCUT2D eigenvalue weighted by Gasteiger charge is -2.45. The number of nitrogens with zero attached hydrogens (tertiary/aromatic N) is 4. The third-order valence-corrected chi connectivity index (χ3v) is 4.87. The molecule has 0 spiro atoms. The van der Waals surface area contributed by atoms with E-state index in [1.807, 2.05) is 11.9 Å². The number of piperazine rings is 1. The predicted molar refractivity (Wildman–Crippen MR) is 87.6 cm³/mol. The molecule has 0 aliphatic carbocycles. The summed E-state index contributed by atoms with van der Waals surface area (Å²) in [6.45, 7) is 6.22. The lowest BCUT2D eigenvalue weighted by molar-refractivity contribution is -0.145. The topological polar surface area (TPSA) is 89.6 Å². The number of aromatic nitrogens is 2. The zero-order valence-electron chi connectivity index (χ0n) is 14.3. The highest BCUT2D eigenvalue weighted by Crippen LogP contribution is 2.26. The second-order valence-electron chi connectivity index (χ2n) is 6.66. The number of rotatable bonds is 2. The molecule has 8 nitrogen and oxygen atoms in total. The maximum Gasteiger partial charge on any atom is 0.251 e. The fourth-order valence-corrected chi connectivity index (χ4v) is 3.29. The van der Waals surface area contributed by atoms with Crippen LogP contribution in [-0.4, -0.2) is 82.3 Å². The van der Waals surface area contributed by atoms with Crippen molar-refractivity contribution in [1.82, 2.24) is 24.7 Å². The Balaban J connectivity index is 1.63. The van der Waals surface area contributed by atoms with E-state index in [9.17, 15) is 14.4 Å². The normalized spacial score (nSPS) is 22.4. The van der Waals surface area contributed by atoms with Crippen molar-refractivity contribution in [2.45, 2.75) is 25.8 Å². The summed E-state index contributed by atoms with van der Waals surface area (Å²) in [4.78, 5) is 48.3. The van der Waals surface area contributed by atoms with Gasteiger partial charge in [0.1, 0.15) is 11.9 Å². The van der Waals surface area contributed by atoms with Gasteiger partial charge in [0.05, 0.1) is 5.69 Å². The number of amides is 2. The molecule has 0 bridgehead atoms. The molecular weight excluding hydrogens is 310 g/mol. The number of hydrogen-bond donors (Lipinski definition) is 1. The molecule has 2 aliphatic rings. The monoisotopic (exact) mass is 333 g/mol. The van der Waals surface area contributed by atoms with Gasteiger partial charge in [-0.3, -0.25) is 19.3 Å². The Kier molecular flexibility index (Phi) is 4.40. The molecule has 1 aromatic rings. The molecule has 2 saturated heterocycles. The Morgan fingerprint density at radius 3 is 2.54 bits per heavy atom. The number of aromatic amines is 1. The first-order valence-corrected chi connectivity index (χ1v) is 8.17. The average Bonchev–Trinajstić information content (AvgIpc) is 2.44. The highest BCUT2D eigenvalue weighted by Gasteiger charge is 2.39. The van der Waals surface area contributed by atoms with E-state index in [0.29, 0.717) is 38.5 Å². The van der Waals surface area contributed by atoms with E-state index < -0.39 is 0 Å². The fraction of sp³-hybridized carbons (Fsp3) is 0.625. The van der Waals surface area contributed by atoms with Gasteiger partial charge in [-0.1, -0.05) is 0 Å². The Hall–Kier alpha value is -2.22. The third-order valence-electron chi connectivity index (χ3n) is 4.87. The van der Waals surface area contributed by atoms with Crippen molar-refractivity contribution in [3.63, 3.8) is 0 Å². The van der Waals surface area contributed by atoms with Crippen molar-refractivity contribution in [1.29, 1.82) is 0 Å². The lowest BCUT2D eigenvalue weighted by atomic mass is 9.94. The minimum Gasteiger partial charge on any atom is -0.340 e. The molecule has 130 valence electrons. The Labute approximate surface area is 140 Å². The van der Waals surface area contributed by atoms with Gasteiger partial charge in [0.2, 0.25) is 11.8 Å². The number of carbonyl (C=O) groups is 2. The molecule has 0 radical (unpaired) electrons. The van der Waals surface area contributed by atoms with E-state index in [1.165, 1.54) is 13.0 Å². The molecule has 2 amide bonds. The first kappa shape index (κ1) is 16.6. The molecule has 1 N–H and O–H groups in total. The first-order valence-electron chi connectivity index (χ1n) is 8.17. The largest absolute Gasteiger partial charge is 0.340 e. The number of nitrogens with one attached hydrogen (secondary N) is 1. The van der Waals surface area contributed by atoms with Crippen LogP contribution in [0.5, 0.6) is 0 Å². The quantitative estimate of drug-likeness (QED) is 0.763. The molecule has 8 heteroatoms. The number of aryl methyl sites for hydroxylation is 1. The van der Waals surface area contributed by atoms with Crippen LogP contribution in [0.3, 0.4) is 0 Å². The average molecular weight is 333 g/mol. The maximum atomic E-state index is 12.7. The summed E-state index contributed by atoms with van der Waals surface area (Å²) in [6.07, 6.45) is 0. The van der Waals surface area contributed by atoms with Crippen molar-refractivity contribution in [2.24, 2.45) is 0 Å². The van der Waals surface area contributed by atoms with Crippen molar-refractivity contribution >= 4 is 11.8 Å². The molecule has 1 unspecified atom stereocenters. The SMILES string of the molecule is CC(=O)N1CCN(C)C(C(=O)N2CC(c3cc(=O)[nH]c(C)n3)C2)C1. The maximum absolute atomic E-state index is 12.7. The van der Waals surface area contributed by atoms with Gasteiger partial charge in [-0.25, -0.2) is 4.98 Å². The zero-order valence-corrected chi connectivity index (χ0v) is 14.3. The van der Waals surface area contributed by atoms with Crippen LogP contribution in [0.1, 0.15) is 24.4 Å². The smallest absolute Gasteiger partial charge is 0.251 e. The second kappa shape index (κ2) is 6.35. The molecule has 0 saturated carbocycles. The summed E-state index contributed by atoms with van der Waals surface area (Å²) >= 11 is 0. The van der Waals surface area contributed by atoms with Crippen LogP contribution in [0, 0.1) is 6.92 Å². The molecule has 2 fully saturated rings. The van der Waals surface area contributed by atoms with Gasteiger partial charge in [-0.05, 0) is 14.0 Å². The Morgan fingerprint density at radius 1 is 1.21 bits per heavy atom. The molecule has 2 aliphatic heterocycles. The molecule has 1 aromatic heterocycles. The highest BCUT2D eigenvalue weighted by atomic mass is 16.2. The first-order chi connectivity index (χ1) is 11.3. The standard InChI is InChI=1S/C16H23N5O3/c1-10-17-13(6-15(23)18-10)12-7-21(8-12)16(24)14-9-20(11(2)22)5-4-19(14)3/h6,12,14H,4-5,7-9H2,1-3H3,(H,17,18,23). The van der Waals surface area contributed by atoms with Crippen molar-refractivity contribution in [3.8, 4) is 0 Å². The van der Waals surface area contributed by atoms with Crippen LogP contribution < -0.4 is 5.56 Å². The molecule has 24 heavy (non-hydrogen) atoms. The van der Waals surface area contributed by atoms with Gasteiger partial charge in [0, 0.05) is 51.6 Å². The summed E-state index contributed by atoms with van der Waals surface area (Å²) < 4.78 is 0. The number of H-pyrrole nitrogens is 1. The van der Waals surface area contributed by atoms with Gasteiger partial charge in [0.25, 0.3) is 5.56 Å². The van der Waals surface area contributed by atoms with E-state index in [2.05, 4.69) is 9.97 Å². The Morgan fingerprint density at radius 2 is 1.92 bits per heavy atom. The van der Waals surface area contributed by atoms with Crippen LogP contribution in [-0.2, 0) is 9.59 Å². The minimum atomic E-state index is -0.294. The summed E-state index contributed by atoms with van der Waals surface area (Å²) in [7, 11) is 1.92. The lowest BCUT2D eigenvalue weighted by Crippen LogP contribution is -2.62. The molecule has 0 aromatic carbocycles. The molecular formula is C16H23N5O3. The minimum absolute atomic E-state index is 0.00516. The third kappa shape index (κ3) is 3.19. The Bertz CT molecular complexity index is 710. The van der Waals surface area contributed by atoms with Crippen LogP contribution in [0.2, 0.25) is 0 Å². The van der Waals surface area contributed by atoms with E-state index in [0.717, 1.165) is 5.69 Å². The van der Waals surface area contributed by atoms with E-state index in [4.69, 9.17) is 0 Å². The van der Waals surface area contributed by atoms with Gasteiger partial charge in [-0.15, -0.1) is 0 Å². The fourth-order valence-electron chi connectivity index (χ4n) is 3.29. The highest BCUT2D eigenvalue weighted by molar-refractivity contribution is 5.84. The van der Waals surface area contributed by atoms with E-state index in [1.54, 1.807) is 16.7 Å². The van der Waals surface area contributed by atoms with Gasteiger partial charge in [-0.2, -0.15) is 0 Å². The number of carbonyl (C=O) groups excluding carboxylic acids is 2. The van der Waals surface area contributed by atoms with Crippen LogP contribution in [0.15, 0.2) is 10.9 Å². The van der Waals surface area contributed by atoms with Gasteiger partial charge in [0.15, 0.2) is 0 Å². The number of hydrogen-bond acceptors (Lipinski definition) is 5. The second-order valence-corrected chi connectivity index (χ2v) is 6.66. The van der Waals surface area contributed by atoms with E-state index in [-0.39, 0.29) is 29.3 Å². The molecule has 1 atom stereocenters. The van der Waals surface area contributed by atoms with Gasteiger partial charge >= 0.3 is 0 Å². The molecule has 3 heterocycles. The van der Waals surface area contributed by atoms with Crippen molar-refractivity contribution in [2.75, 3.05) is 39.8 Å². The summed E-state index contributed by atoms with van der Waals surface area (Å²) in [5.74, 6) is 0.742. The van der Waals surface area contributed by atoms with Crippen LogP contribution in [0.4, 0.5) is 0 Å². The van der Waals surface area contributed by atoms with E-state index >= 15 is 0 Å². The van der Waals surface area contributed by atoms with Crippen molar-refractivity contribution < 1.29 is 9.59 Å². The van der Waals surface area contributed by atoms with Crippen LogP contribution in [0.25, 0.3) is 0 Å². The van der Waals surface area contributed by atoms with Crippen LogP contribution >= 0.6 is 0 Å². The summed E-state index contributed by atoms with van der Waals surface area (Å²) in [5, 5.41) is 0. The van der Waals surface area contributed by atoms with Crippen molar-refractivity contribution in [3.05, 3.63) is 27.9 Å². The number of likely N-dealkylation sites (tertiary alicyclic amines) is 1. The zero-order chi connectivity index (χ0) is 17.4. The predicted octanol–water partition coefficient (Wildman–Crippen LogP) is -0.833. The summed E-state index contributed by atoms with van der Waals surface area (Å²) in [6, 6.07) is 1.21. The summed E-state index contributed by atoms with van der Waals surface area (Å²) in [5.41, 5.74) is 0.578. The van der Waals surface area contributed by atoms with Gasteiger partial charge < -0.3 is 14.8 Å². The molecule has 3 rings (SSSR count).